The van der Waals surface area contributed by atoms with Crippen LogP contribution >= 0.6 is 11.3 Å². The van der Waals surface area contributed by atoms with Crippen molar-refractivity contribution in [2.24, 2.45) is 0 Å². The van der Waals surface area contributed by atoms with Crippen LogP contribution in [0.25, 0.3) is 0 Å². The average Bonchev–Trinajstić information content (AvgIpc) is 3.31. The molecule has 150 valence electrons. The van der Waals surface area contributed by atoms with Gasteiger partial charge in [0.1, 0.15) is 24.9 Å². The Kier molecular flexibility index (Phi) is 6.77. The Labute approximate surface area is 168 Å². The van der Waals surface area contributed by atoms with Crippen LogP contribution < -0.4 is 10.2 Å². The number of anilines is 1. The fraction of sp³-hybridized carbons (Fsp3) is 0.450. The molecule has 8 heteroatoms. The van der Waals surface area contributed by atoms with Crippen LogP contribution in [0.1, 0.15) is 28.8 Å². The number of hydrogen-bond donors (Lipinski definition) is 2. The third-order valence-corrected chi connectivity index (χ3v) is 5.91. The first kappa shape index (κ1) is 20.4. The minimum Gasteiger partial charge on any atom is -0.372 e. The number of carbonyl (C=O) groups excluding carboxylic acids is 1. The molecule has 2 N–H and O–H groups in total. The highest BCUT2D eigenvalue weighted by Crippen LogP contribution is 2.27. The number of nitrogens with zero attached hydrogens (tertiary/aromatic N) is 1. The van der Waals surface area contributed by atoms with Crippen molar-refractivity contribution in [2.45, 2.75) is 39.3 Å². The van der Waals surface area contributed by atoms with Crippen LogP contribution in [0.2, 0.25) is 0 Å². The molecule has 1 saturated heterocycles. The maximum Gasteiger partial charge on any atom is 0.293 e. The zero-order valence-corrected chi connectivity index (χ0v) is 17.0. The minimum absolute atomic E-state index is 0.0737. The van der Waals surface area contributed by atoms with Crippen LogP contribution in [-0.4, -0.2) is 36.6 Å². The summed E-state index contributed by atoms with van der Waals surface area (Å²) in [6, 6.07) is 7.24. The molecule has 1 fully saturated rings. The van der Waals surface area contributed by atoms with E-state index in [1.807, 2.05) is 25.3 Å². The van der Waals surface area contributed by atoms with Crippen LogP contribution in [-0.2, 0) is 16.1 Å². The Morgan fingerprint density at radius 2 is 2.18 bits per heavy atom. The standard InChI is InChI=1S/C20H25N3O4S/c1-14-9-18(19(23(25)26)10-15(14)2)21-20(24)13-22(11-16-5-3-7-27-16)12-17-6-4-8-28-17/h4,6,8-10,16H,3,5,7,11-13H2,1-2H3,(H,21,24)/p+1/t16-/m0/s1. The molecule has 7 nitrogen and oxygen atoms in total. The fourth-order valence-electron chi connectivity index (χ4n) is 3.47. The van der Waals surface area contributed by atoms with Crippen molar-refractivity contribution >= 4 is 28.6 Å². The van der Waals surface area contributed by atoms with Gasteiger partial charge >= 0.3 is 0 Å². The number of ether oxygens (including phenoxy) is 1. The average molecular weight is 405 g/mol. The second-order valence-electron chi connectivity index (χ2n) is 7.28. The summed E-state index contributed by atoms with van der Waals surface area (Å²) in [5.74, 6) is -0.226. The van der Waals surface area contributed by atoms with Crippen LogP contribution in [0.3, 0.4) is 0 Å². The summed E-state index contributed by atoms with van der Waals surface area (Å²) in [5, 5.41) is 16.1. The number of quaternary nitrogens is 1. The van der Waals surface area contributed by atoms with Crippen LogP contribution in [0.15, 0.2) is 29.6 Å². The largest absolute Gasteiger partial charge is 0.372 e. The molecule has 2 heterocycles. The third kappa shape index (κ3) is 5.37. The number of carbonyl (C=O) groups is 1. The van der Waals surface area contributed by atoms with E-state index in [-0.39, 0.29) is 29.9 Å². The first-order chi connectivity index (χ1) is 13.4. The predicted molar refractivity (Wildman–Crippen MR) is 109 cm³/mol. The van der Waals surface area contributed by atoms with Crippen LogP contribution in [0, 0.1) is 24.0 Å². The Bertz CT molecular complexity index is 832. The smallest absolute Gasteiger partial charge is 0.293 e. The van der Waals surface area contributed by atoms with Crippen molar-refractivity contribution in [1.29, 1.82) is 0 Å². The summed E-state index contributed by atoms with van der Waals surface area (Å²) < 4.78 is 5.74. The Balaban J connectivity index is 1.70. The molecular formula is C20H26N3O4S+. The van der Waals surface area contributed by atoms with Gasteiger partial charge < -0.3 is 15.0 Å². The van der Waals surface area contributed by atoms with Gasteiger partial charge in [0.05, 0.1) is 9.80 Å². The van der Waals surface area contributed by atoms with E-state index in [1.54, 1.807) is 17.4 Å². The van der Waals surface area contributed by atoms with E-state index in [2.05, 4.69) is 11.4 Å². The molecule has 1 aromatic heterocycles. The molecule has 0 bridgehead atoms. The normalized spacial score (nSPS) is 17.4. The van der Waals surface area contributed by atoms with Gasteiger partial charge in [-0.15, -0.1) is 11.3 Å². The highest BCUT2D eigenvalue weighted by atomic mass is 32.1. The molecule has 2 atom stereocenters. The number of hydrogen-bond acceptors (Lipinski definition) is 5. The highest BCUT2D eigenvalue weighted by molar-refractivity contribution is 7.09. The molecule has 0 spiro atoms. The molecule has 0 radical (unpaired) electrons. The molecule has 3 rings (SSSR count). The Hall–Kier alpha value is -2.29. The lowest BCUT2D eigenvalue weighted by Crippen LogP contribution is -3.12. The quantitative estimate of drug-likeness (QED) is 0.523. The van der Waals surface area contributed by atoms with Crippen molar-refractivity contribution in [1.82, 2.24) is 0 Å². The van der Waals surface area contributed by atoms with E-state index in [0.29, 0.717) is 0 Å². The Morgan fingerprint density at radius 1 is 1.39 bits per heavy atom. The van der Waals surface area contributed by atoms with Gasteiger partial charge in [-0.05, 0) is 55.3 Å². The summed E-state index contributed by atoms with van der Waals surface area (Å²) >= 11 is 1.67. The van der Waals surface area contributed by atoms with Crippen molar-refractivity contribution in [2.75, 3.05) is 25.0 Å². The molecule has 0 saturated carbocycles. The second kappa shape index (κ2) is 9.27. The summed E-state index contributed by atoms with van der Waals surface area (Å²) in [5.41, 5.74) is 1.91. The third-order valence-electron chi connectivity index (χ3n) is 5.04. The summed E-state index contributed by atoms with van der Waals surface area (Å²) in [6.07, 6.45) is 2.23. The van der Waals surface area contributed by atoms with Crippen LogP contribution in [0.5, 0.6) is 0 Å². The number of amides is 1. The predicted octanol–water partition coefficient (Wildman–Crippen LogP) is 2.48. The summed E-state index contributed by atoms with van der Waals surface area (Å²) in [4.78, 5) is 25.9. The number of aryl methyl sites for hydroxylation is 2. The molecule has 1 aliphatic heterocycles. The minimum atomic E-state index is -0.454. The molecule has 1 amide bonds. The molecular weight excluding hydrogens is 378 g/mol. The number of nitrogens with one attached hydrogen (secondary N) is 2. The molecule has 2 aromatic rings. The van der Waals surface area contributed by atoms with E-state index in [1.165, 1.54) is 10.9 Å². The first-order valence-corrected chi connectivity index (χ1v) is 10.3. The van der Waals surface area contributed by atoms with Gasteiger partial charge in [-0.1, -0.05) is 6.07 Å². The number of rotatable bonds is 8. The Morgan fingerprint density at radius 3 is 2.82 bits per heavy atom. The van der Waals surface area contributed by atoms with Gasteiger partial charge in [-0.25, -0.2) is 0 Å². The van der Waals surface area contributed by atoms with E-state index in [0.717, 1.165) is 48.6 Å². The second-order valence-corrected chi connectivity index (χ2v) is 8.31. The van der Waals surface area contributed by atoms with Crippen molar-refractivity contribution in [3.8, 4) is 0 Å². The van der Waals surface area contributed by atoms with Gasteiger partial charge in [0, 0.05) is 12.7 Å². The van der Waals surface area contributed by atoms with E-state index in [9.17, 15) is 14.9 Å². The molecule has 1 aliphatic rings. The number of thiophene rings is 1. The van der Waals surface area contributed by atoms with Crippen molar-refractivity contribution < 1.29 is 19.4 Å². The topological polar surface area (TPSA) is 85.9 Å². The lowest BCUT2D eigenvalue weighted by Gasteiger charge is -2.21. The number of benzene rings is 1. The fourth-order valence-corrected chi connectivity index (χ4v) is 4.24. The molecule has 28 heavy (non-hydrogen) atoms. The van der Waals surface area contributed by atoms with Gasteiger partial charge in [-0.2, -0.15) is 0 Å². The van der Waals surface area contributed by atoms with Crippen LogP contribution in [0.4, 0.5) is 11.4 Å². The summed E-state index contributed by atoms with van der Waals surface area (Å²) in [7, 11) is 0. The first-order valence-electron chi connectivity index (χ1n) is 9.45. The molecule has 1 aromatic carbocycles. The van der Waals surface area contributed by atoms with E-state index in [4.69, 9.17) is 4.74 Å². The monoisotopic (exact) mass is 404 g/mol. The highest BCUT2D eigenvalue weighted by Gasteiger charge is 2.25. The number of nitro groups is 1. The zero-order chi connectivity index (χ0) is 20.1. The zero-order valence-electron chi connectivity index (χ0n) is 16.2. The lowest BCUT2D eigenvalue weighted by atomic mass is 10.1. The van der Waals surface area contributed by atoms with Gasteiger partial charge in [0.25, 0.3) is 11.6 Å². The van der Waals surface area contributed by atoms with Gasteiger partial charge in [0.2, 0.25) is 0 Å². The van der Waals surface area contributed by atoms with E-state index < -0.39 is 4.92 Å². The molecule has 0 aliphatic carbocycles. The van der Waals surface area contributed by atoms with Gasteiger partial charge in [0.15, 0.2) is 6.54 Å². The van der Waals surface area contributed by atoms with Crippen molar-refractivity contribution in [3.05, 3.63) is 55.8 Å². The SMILES string of the molecule is Cc1cc(NC(=O)C[NH+](Cc2cccs2)C[C@@H]2CCCO2)c([N+](=O)[O-])cc1C. The molecule has 1 unspecified atom stereocenters. The maximum atomic E-state index is 12.7. The lowest BCUT2D eigenvalue weighted by molar-refractivity contribution is -0.908. The van der Waals surface area contributed by atoms with E-state index >= 15 is 0 Å². The summed E-state index contributed by atoms with van der Waals surface area (Å²) in [6.45, 7) is 6.20. The van der Waals surface area contributed by atoms with Crippen molar-refractivity contribution in [3.63, 3.8) is 0 Å². The maximum absolute atomic E-state index is 12.7. The van der Waals surface area contributed by atoms with Gasteiger partial charge in [-0.3, -0.25) is 14.9 Å². The number of nitro benzene ring substituents is 1.